The van der Waals surface area contributed by atoms with Crippen molar-refractivity contribution in [2.75, 3.05) is 0 Å². The summed E-state index contributed by atoms with van der Waals surface area (Å²) >= 11 is 0. The minimum absolute atomic E-state index is 0.406. The molecule has 2 aromatic heterocycles. The Morgan fingerprint density at radius 3 is 2.77 bits per heavy atom. The zero-order valence-corrected chi connectivity index (χ0v) is 11.8. The normalized spacial score (nSPS) is 11.8. The summed E-state index contributed by atoms with van der Waals surface area (Å²) < 4.78 is 7.10. The van der Waals surface area contributed by atoms with Gasteiger partial charge < -0.3 is 4.74 Å². The highest BCUT2D eigenvalue weighted by Gasteiger charge is 2.14. The first-order valence-electron chi connectivity index (χ1n) is 6.68. The van der Waals surface area contributed by atoms with Crippen LogP contribution in [-0.2, 0) is 4.74 Å². The Hall–Kier alpha value is -3.20. The molecule has 1 atom stereocenters. The van der Waals surface area contributed by atoms with Crippen LogP contribution in [0.4, 0.5) is 0 Å². The molecule has 3 aromatic rings. The average molecular weight is 292 g/mol. The lowest BCUT2D eigenvalue weighted by Gasteiger charge is -2.13. The van der Waals surface area contributed by atoms with Crippen molar-refractivity contribution < 1.29 is 9.53 Å². The summed E-state index contributed by atoms with van der Waals surface area (Å²) in [6.07, 6.45) is 2.75. The molecule has 0 radical (unpaired) electrons. The van der Waals surface area contributed by atoms with Gasteiger partial charge in [-0.25, -0.2) is 4.79 Å². The van der Waals surface area contributed by atoms with Crippen molar-refractivity contribution in [1.29, 1.82) is 5.26 Å². The van der Waals surface area contributed by atoms with Crippen LogP contribution in [0, 0.1) is 11.3 Å². The van der Waals surface area contributed by atoms with Crippen molar-refractivity contribution >= 4 is 11.6 Å². The summed E-state index contributed by atoms with van der Waals surface area (Å²) in [5.74, 6) is -0.424. The number of fused-ring (bicyclic) bond motifs is 1. The summed E-state index contributed by atoms with van der Waals surface area (Å²) in [4.78, 5) is 12.2. The van der Waals surface area contributed by atoms with Gasteiger partial charge in [0.2, 0.25) is 0 Å². The van der Waals surface area contributed by atoms with Crippen molar-refractivity contribution in [2.24, 2.45) is 0 Å². The highest BCUT2D eigenvalue weighted by atomic mass is 16.5. The second-order valence-corrected chi connectivity index (χ2v) is 4.80. The van der Waals surface area contributed by atoms with Gasteiger partial charge in [0.1, 0.15) is 12.4 Å². The molecule has 1 unspecified atom stereocenters. The number of hydrogen-bond acceptors (Lipinski definition) is 5. The summed E-state index contributed by atoms with van der Waals surface area (Å²) in [7, 11) is 0. The molecule has 0 aliphatic carbocycles. The Morgan fingerprint density at radius 2 is 2.05 bits per heavy atom. The molecule has 0 fully saturated rings. The van der Waals surface area contributed by atoms with Gasteiger partial charge in [-0.15, -0.1) is 10.2 Å². The van der Waals surface area contributed by atoms with Crippen LogP contribution in [0.25, 0.3) is 5.65 Å². The van der Waals surface area contributed by atoms with E-state index in [0.29, 0.717) is 16.8 Å². The zero-order valence-electron chi connectivity index (χ0n) is 11.8. The first-order valence-corrected chi connectivity index (χ1v) is 6.68. The van der Waals surface area contributed by atoms with Gasteiger partial charge in [-0.05, 0) is 36.8 Å². The number of esters is 1. The lowest BCUT2D eigenvalue weighted by atomic mass is 10.1. The number of ether oxygens (including phenoxy) is 1. The fraction of sp³-hybridized carbons (Fsp3) is 0.125. The third-order valence-corrected chi connectivity index (χ3v) is 3.32. The molecule has 0 aliphatic heterocycles. The molecule has 3 rings (SSSR count). The molecule has 0 bridgehead atoms. The molecule has 1 aromatic carbocycles. The van der Waals surface area contributed by atoms with E-state index in [9.17, 15) is 4.79 Å². The number of hydrogen-bond donors (Lipinski definition) is 0. The van der Waals surface area contributed by atoms with Crippen LogP contribution >= 0.6 is 0 Å². The highest BCUT2D eigenvalue weighted by molar-refractivity contribution is 5.89. The van der Waals surface area contributed by atoms with Crippen LogP contribution in [0.3, 0.4) is 0 Å². The fourth-order valence-electron chi connectivity index (χ4n) is 2.07. The molecule has 0 saturated heterocycles. The maximum absolute atomic E-state index is 12.2. The third kappa shape index (κ3) is 2.65. The van der Waals surface area contributed by atoms with Gasteiger partial charge in [0.05, 0.1) is 17.2 Å². The fourth-order valence-corrected chi connectivity index (χ4v) is 2.07. The van der Waals surface area contributed by atoms with Crippen LogP contribution in [0.2, 0.25) is 0 Å². The molecule has 2 heterocycles. The number of pyridine rings is 1. The van der Waals surface area contributed by atoms with Crippen LogP contribution in [0.1, 0.15) is 34.5 Å². The molecular weight excluding hydrogens is 280 g/mol. The first-order chi connectivity index (χ1) is 10.7. The van der Waals surface area contributed by atoms with Gasteiger partial charge in [0, 0.05) is 6.20 Å². The number of nitriles is 1. The number of nitrogens with zero attached hydrogens (tertiary/aromatic N) is 4. The molecule has 0 spiro atoms. The maximum Gasteiger partial charge on any atom is 0.340 e. The van der Waals surface area contributed by atoms with E-state index in [4.69, 9.17) is 10.00 Å². The third-order valence-electron chi connectivity index (χ3n) is 3.32. The molecule has 22 heavy (non-hydrogen) atoms. The van der Waals surface area contributed by atoms with Crippen LogP contribution in [-0.4, -0.2) is 20.6 Å². The Bertz CT molecular complexity index is 862. The molecule has 0 aliphatic rings. The topological polar surface area (TPSA) is 80.3 Å². The molecule has 108 valence electrons. The van der Waals surface area contributed by atoms with E-state index < -0.39 is 12.1 Å². The SMILES string of the molecule is CC(OC(=O)c1ccc2nncn2c1)c1ccc(C#N)cc1. The summed E-state index contributed by atoms with van der Waals surface area (Å²) in [5.41, 5.74) is 2.49. The monoisotopic (exact) mass is 292 g/mol. The zero-order chi connectivity index (χ0) is 15.5. The molecule has 0 saturated carbocycles. The number of rotatable bonds is 3. The lowest BCUT2D eigenvalue weighted by Crippen LogP contribution is -2.10. The van der Waals surface area contributed by atoms with Crippen molar-refractivity contribution in [3.63, 3.8) is 0 Å². The summed E-state index contributed by atoms with van der Waals surface area (Å²) in [5, 5.41) is 16.4. The van der Waals surface area contributed by atoms with E-state index in [1.54, 1.807) is 53.9 Å². The quantitative estimate of drug-likeness (QED) is 0.693. The van der Waals surface area contributed by atoms with Gasteiger partial charge in [-0.2, -0.15) is 5.26 Å². The second-order valence-electron chi connectivity index (χ2n) is 4.80. The Balaban J connectivity index is 1.76. The van der Waals surface area contributed by atoms with E-state index in [2.05, 4.69) is 16.3 Å². The van der Waals surface area contributed by atoms with Crippen molar-refractivity contribution in [3.8, 4) is 6.07 Å². The number of benzene rings is 1. The predicted molar refractivity (Wildman–Crippen MR) is 78.0 cm³/mol. The van der Waals surface area contributed by atoms with Gasteiger partial charge in [-0.3, -0.25) is 4.40 Å². The largest absolute Gasteiger partial charge is 0.454 e. The first kappa shape index (κ1) is 13.8. The Morgan fingerprint density at radius 1 is 1.27 bits per heavy atom. The molecule has 0 N–H and O–H groups in total. The van der Waals surface area contributed by atoms with E-state index in [1.807, 2.05) is 0 Å². The van der Waals surface area contributed by atoms with Crippen molar-refractivity contribution in [3.05, 3.63) is 65.6 Å². The number of carbonyl (C=O) groups is 1. The molecule has 6 nitrogen and oxygen atoms in total. The number of carbonyl (C=O) groups excluding carboxylic acids is 1. The molecule has 6 heteroatoms. The Labute approximate surface area is 126 Å². The molecule has 0 amide bonds. The highest BCUT2D eigenvalue weighted by Crippen LogP contribution is 2.19. The minimum atomic E-state index is -0.424. The number of aromatic nitrogens is 3. The van der Waals surface area contributed by atoms with E-state index in [0.717, 1.165) is 5.56 Å². The minimum Gasteiger partial charge on any atom is -0.454 e. The smallest absolute Gasteiger partial charge is 0.340 e. The summed E-state index contributed by atoms with van der Waals surface area (Å²) in [6, 6.07) is 12.4. The van der Waals surface area contributed by atoms with Gasteiger partial charge in [0.25, 0.3) is 0 Å². The summed E-state index contributed by atoms with van der Waals surface area (Å²) in [6.45, 7) is 1.79. The average Bonchev–Trinajstić information content (AvgIpc) is 3.02. The van der Waals surface area contributed by atoms with E-state index >= 15 is 0 Å². The van der Waals surface area contributed by atoms with Gasteiger partial charge in [-0.1, -0.05) is 12.1 Å². The van der Waals surface area contributed by atoms with Gasteiger partial charge in [0.15, 0.2) is 5.65 Å². The van der Waals surface area contributed by atoms with Gasteiger partial charge >= 0.3 is 5.97 Å². The lowest BCUT2D eigenvalue weighted by molar-refractivity contribution is 0.0337. The van der Waals surface area contributed by atoms with Crippen LogP contribution < -0.4 is 0 Å². The van der Waals surface area contributed by atoms with E-state index in [1.165, 1.54) is 6.33 Å². The predicted octanol–water partition coefficient (Wildman–Crippen LogP) is 2.52. The van der Waals surface area contributed by atoms with Crippen molar-refractivity contribution in [1.82, 2.24) is 14.6 Å². The Kier molecular flexibility index (Phi) is 3.54. The maximum atomic E-state index is 12.2. The van der Waals surface area contributed by atoms with E-state index in [-0.39, 0.29) is 0 Å². The second kappa shape index (κ2) is 5.66. The standard InChI is InChI=1S/C16H12N4O2/c1-11(13-4-2-12(8-17)3-5-13)22-16(21)14-6-7-15-19-18-10-20(15)9-14/h2-7,9-11H,1H3. The van der Waals surface area contributed by atoms with Crippen LogP contribution in [0.5, 0.6) is 0 Å². The van der Waals surface area contributed by atoms with Crippen molar-refractivity contribution in [2.45, 2.75) is 13.0 Å². The van der Waals surface area contributed by atoms with Crippen LogP contribution in [0.15, 0.2) is 48.9 Å². The molecular formula is C16H12N4O2.